The summed E-state index contributed by atoms with van der Waals surface area (Å²) in [5.74, 6) is -1.02. The van der Waals surface area contributed by atoms with Crippen molar-refractivity contribution < 1.29 is 19.1 Å². The summed E-state index contributed by atoms with van der Waals surface area (Å²) in [5.41, 5.74) is 1.09. The van der Waals surface area contributed by atoms with Crippen LogP contribution < -0.4 is 5.32 Å². The topological polar surface area (TPSA) is 75.7 Å². The lowest BCUT2D eigenvalue weighted by atomic mass is 10.2. The maximum absolute atomic E-state index is 12.3. The predicted octanol–water partition coefficient (Wildman–Crippen LogP) is 4.18. The Morgan fingerprint density at radius 1 is 1.00 bits per heavy atom. The molecule has 3 aromatic rings. The summed E-state index contributed by atoms with van der Waals surface area (Å²) in [7, 11) is 0. The molecule has 2 aromatic carbocycles. The Morgan fingerprint density at radius 3 is 2.34 bits per heavy atom. The number of ether oxygens (including phenoxy) is 1. The molecular weight excluding hydrogens is 388 g/mol. The van der Waals surface area contributed by atoms with Crippen molar-refractivity contribution in [2.24, 2.45) is 0 Å². The Bertz CT molecular complexity index is 990. The predicted molar refractivity (Wildman–Crippen MR) is 114 cm³/mol. The van der Waals surface area contributed by atoms with Gasteiger partial charge in [-0.2, -0.15) is 0 Å². The number of esters is 1. The van der Waals surface area contributed by atoms with Crippen molar-refractivity contribution in [2.75, 3.05) is 25.0 Å². The van der Waals surface area contributed by atoms with Crippen LogP contribution in [0.15, 0.2) is 54.6 Å². The normalized spacial score (nSPS) is 10.6. The number of nitrogens with one attached hydrogen (secondary N) is 1. The lowest BCUT2D eigenvalue weighted by molar-refractivity contribution is -0.119. The number of carbonyl (C=O) groups excluding carboxylic acids is 3. The molecule has 1 aromatic heterocycles. The molecule has 0 unspecified atom stereocenters. The molecule has 3 rings (SSSR count). The van der Waals surface area contributed by atoms with Crippen LogP contribution in [-0.2, 0) is 9.53 Å². The zero-order chi connectivity index (χ0) is 20.8. The first-order valence-corrected chi connectivity index (χ1v) is 10.2. The minimum Gasteiger partial charge on any atom is -0.451 e. The highest BCUT2D eigenvalue weighted by Crippen LogP contribution is 2.25. The van der Waals surface area contributed by atoms with Crippen LogP contribution in [0.5, 0.6) is 0 Å². The van der Waals surface area contributed by atoms with Gasteiger partial charge in [0, 0.05) is 29.0 Å². The standard InChI is InChI=1S/C22H22N2O4S/c1-3-24(4-2)21(26)15-9-11-17(12-10-15)23-20(25)14-28-22(27)19-13-16-7-5-6-8-18(16)29-19/h5-13H,3-4,14H2,1-2H3,(H,23,25). The van der Waals surface area contributed by atoms with Crippen molar-refractivity contribution >= 4 is 44.9 Å². The summed E-state index contributed by atoms with van der Waals surface area (Å²) >= 11 is 1.33. The molecule has 6 nitrogen and oxygen atoms in total. The van der Waals surface area contributed by atoms with Crippen molar-refractivity contribution in [1.29, 1.82) is 0 Å². The van der Waals surface area contributed by atoms with Crippen LogP contribution in [0.2, 0.25) is 0 Å². The third kappa shape index (κ3) is 5.00. The minimum atomic E-state index is -0.526. The first-order valence-electron chi connectivity index (χ1n) is 9.36. The molecule has 2 amide bonds. The van der Waals surface area contributed by atoms with Gasteiger partial charge in [0.1, 0.15) is 4.88 Å². The summed E-state index contributed by atoms with van der Waals surface area (Å²) in [5, 5.41) is 3.63. The molecule has 0 saturated heterocycles. The highest BCUT2D eigenvalue weighted by Gasteiger charge is 2.15. The van der Waals surface area contributed by atoms with Gasteiger partial charge in [0.15, 0.2) is 6.61 Å². The van der Waals surface area contributed by atoms with Gasteiger partial charge < -0.3 is 15.0 Å². The lowest BCUT2D eigenvalue weighted by Crippen LogP contribution is -2.30. The van der Waals surface area contributed by atoms with Crippen LogP contribution in [0, 0.1) is 0 Å². The number of fused-ring (bicyclic) bond motifs is 1. The van der Waals surface area contributed by atoms with Crippen LogP contribution >= 0.6 is 11.3 Å². The molecule has 0 spiro atoms. The second kappa shape index (κ2) is 9.34. The Labute approximate surface area is 173 Å². The molecule has 0 radical (unpaired) electrons. The van der Waals surface area contributed by atoms with Gasteiger partial charge in [-0.25, -0.2) is 4.79 Å². The number of anilines is 1. The molecule has 7 heteroatoms. The second-order valence-corrected chi connectivity index (χ2v) is 7.41. The average Bonchev–Trinajstić information content (AvgIpc) is 3.18. The van der Waals surface area contributed by atoms with Crippen molar-refractivity contribution in [3.63, 3.8) is 0 Å². The number of carbonyl (C=O) groups is 3. The largest absolute Gasteiger partial charge is 0.451 e. The number of nitrogens with zero attached hydrogens (tertiary/aromatic N) is 1. The highest BCUT2D eigenvalue weighted by molar-refractivity contribution is 7.20. The summed E-state index contributed by atoms with van der Waals surface area (Å²) in [4.78, 5) is 38.7. The molecule has 0 bridgehead atoms. The summed E-state index contributed by atoms with van der Waals surface area (Å²) in [6, 6.07) is 16.1. The van der Waals surface area contributed by atoms with Crippen molar-refractivity contribution in [3.8, 4) is 0 Å². The molecule has 1 heterocycles. The number of hydrogen-bond acceptors (Lipinski definition) is 5. The molecule has 0 aliphatic heterocycles. The smallest absolute Gasteiger partial charge is 0.348 e. The van der Waals surface area contributed by atoms with E-state index in [0.29, 0.717) is 29.2 Å². The number of amides is 2. The van der Waals surface area contributed by atoms with Gasteiger partial charge >= 0.3 is 5.97 Å². The fourth-order valence-corrected chi connectivity index (χ4v) is 3.83. The van der Waals surface area contributed by atoms with E-state index in [1.54, 1.807) is 35.2 Å². The minimum absolute atomic E-state index is 0.0508. The van der Waals surface area contributed by atoms with E-state index in [2.05, 4.69) is 5.32 Å². The summed E-state index contributed by atoms with van der Waals surface area (Å²) < 4.78 is 6.10. The van der Waals surface area contributed by atoms with Crippen LogP contribution in [0.1, 0.15) is 33.9 Å². The van der Waals surface area contributed by atoms with Crippen LogP contribution in [0.3, 0.4) is 0 Å². The average molecular weight is 410 g/mol. The van der Waals surface area contributed by atoms with Gasteiger partial charge in [-0.05, 0) is 55.6 Å². The van der Waals surface area contributed by atoms with E-state index in [4.69, 9.17) is 4.74 Å². The van der Waals surface area contributed by atoms with Crippen molar-refractivity contribution in [3.05, 3.63) is 65.0 Å². The molecular formula is C22H22N2O4S. The van der Waals surface area contributed by atoms with Gasteiger partial charge in [0.25, 0.3) is 11.8 Å². The molecule has 1 N–H and O–H groups in total. The van der Waals surface area contributed by atoms with Crippen molar-refractivity contribution in [2.45, 2.75) is 13.8 Å². The monoisotopic (exact) mass is 410 g/mol. The number of hydrogen-bond donors (Lipinski definition) is 1. The first kappa shape index (κ1) is 20.5. The van der Waals surface area contributed by atoms with Crippen LogP contribution in [0.4, 0.5) is 5.69 Å². The van der Waals surface area contributed by atoms with Gasteiger partial charge in [0.2, 0.25) is 0 Å². The number of rotatable bonds is 7. The highest BCUT2D eigenvalue weighted by atomic mass is 32.1. The Morgan fingerprint density at radius 2 is 1.69 bits per heavy atom. The summed E-state index contributed by atoms with van der Waals surface area (Å²) in [6.45, 7) is 4.75. The summed E-state index contributed by atoms with van der Waals surface area (Å²) in [6.07, 6.45) is 0. The zero-order valence-electron chi connectivity index (χ0n) is 16.3. The molecule has 0 fully saturated rings. The van der Waals surface area contributed by atoms with E-state index in [1.807, 2.05) is 38.1 Å². The van der Waals surface area contributed by atoms with E-state index >= 15 is 0 Å². The Hall–Kier alpha value is -3.19. The molecule has 0 aliphatic rings. The number of thiophene rings is 1. The van der Waals surface area contributed by atoms with Gasteiger partial charge in [-0.15, -0.1) is 11.3 Å². The maximum atomic E-state index is 12.3. The van der Waals surface area contributed by atoms with E-state index < -0.39 is 11.9 Å². The van der Waals surface area contributed by atoms with Gasteiger partial charge in [-0.3, -0.25) is 9.59 Å². The maximum Gasteiger partial charge on any atom is 0.348 e. The van der Waals surface area contributed by atoms with Crippen LogP contribution in [0.25, 0.3) is 10.1 Å². The van der Waals surface area contributed by atoms with Crippen molar-refractivity contribution in [1.82, 2.24) is 4.90 Å². The van der Waals surface area contributed by atoms with E-state index in [0.717, 1.165) is 10.1 Å². The lowest BCUT2D eigenvalue weighted by Gasteiger charge is -2.18. The third-order valence-electron chi connectivity index (χ3n) is 4.43. The molecule has 29 heavy (non-hydrogen) atoms. The fraction of sp³-hybridized carbons (Fsp3) is 0.227. The van der Waals surface area contributed by atoms with E-state index in [1.165, 1.54) is 11.3 Å². The molecule has 0 atom stereocenters. The fourth-order valence-electron chi connectivity index (χ4n) is 2.87. The third-order valence-corrected chi connectivity index (χ3v) is 5.52. The van der Waals surface area contributed by atoms with Gasteiger partial charge in [-0.1, -0.05) is 18.2 Å². The Kier molecular flexibility index (Phi) is 6.61. The number of benzene rings is 2. The SMILES string of the molecule is CCN(CC)C(=O)c1ccc(NC(=O)COC(=O)c2cc3ccccc3s2)cc1. The quantitative estimate of drug-likeness (QED) is 0.593. The molecule has 0 saturated carbocycles. The van der Waals surface area contributed by atoms with Gasteiger partial charge in [0.05, 0.1) is 0 Å². The molecule has 150 valence electrons. The second-order valence-electron chi connectivity index (χ2n) is 6.33. The Balaban J connectivity index is 1.53. The van der Waals surface area contributed by atoms with Crippen LogP contribution in [-0.4, -0.2) is 42.4 Å². The van der Waals surface area contributed by atoms with E-state index in [9.17, 15) is 14.4 Å². The molecule has 0 aliphatic carbocycles. The van der Waals surface area contributed by atoms with E-state index in [-0.39, 0.29) is 12.5 Å². The zero-order valence-corrected chi connectivity index (χ0v) is 17.1. The first-order chi connectivity index (χ1) is 14.0.